The summed E-state index contributed by atoms with van der Waals surface area (Å²) in [6.45, 7) is 8.98. The van der Waals surface area contributed by atoms with Crippen LogP contribution in [0.3, 0.4) is 0 Å². The highest BCUT2D eigenvalue weighted by Gasteiger charge is 2.27. The van der Waals surface area contributed by atoms with Gasteiger partial charge < -0.3 is 19.7 Å². The van der Waals surface area contributed by atoms with Gasteiger partial charge in [-0.05, 0) is 68.0 Å². The van der Waals surface area contributed by atoms with Crippen molar-refractivity contribution in [1.82, 2.24) is 15.1 Å². The van der Waals surface area contributed by atoms with Crippen LogP contribution in [-0.2, 0) is 20.8 Å². The molecular formula is C29H39N3O5S. The number of thioether (sulfide) groups is 1. The summed E-state index contributed by atoms with van der Waals surface area (Å²) in [4.78, 5) is 42.0. The Kier molecular flexibility index (Phi) is 10.6. The second-order valence-electron chi connectivity index (χ2n) is 10.3. The maximum atomic E-state index is 13.3. The van der Waals surface area contributed by atoms with Crippen LogP contribution in [0.1, 0.15) is 43.1 Å². The molecule has 1 aliphatic heterocycles. The van der Waals surface area contributed by atoms with Crippen LogP contribution in [0.4, 0.5) is 4.79 Å². The summed E-state index contributed by atoms with van der Waals surface area (Å²) in [5.74, 6) is -0.0280. The number of nitrogens with one attached hydrogen (secondary N) is 1. The van der Waals surface area contributed by atoms with Crippen LogP contribution in [0.15, 0.2) is 48.5 Å². The Labute approximate surface area is 230 Å². The Morgan fingerprint density at radius 2 is 1.71 bits per heavy atom. The van der Waals surface area contributed by atoms with Crippen LogP contribution in [0.2, 0.25) is 0 Å². The first kappa shape index (κ1) is 29.5. The number of carbonyl (C=O) groups is 3. The lowest BCUT2D eigenvalue weighted by Gasteiger charge is -2.35. The van der Waals surface area contributed by atoms with Crippen molar-refractivity contribution in [3.05, 3.63) is 59.7 Å². The topological polar surface area (TPSA) is 88.2 Å². The highest BCUT2D eigenvalue weighted by atomic mass is 32.2. The van der Waals surface area contributed by atoms with Gasteiger partial charge in [-0.1, -0.05) is 36.4 Å². The van der Waals surface area contributed by atoms with Crippen LogP contribution in [-0.4, -0.2) is 84.7 Å². The van der Waals surface area contributed by atoms with E-state index in [1.54, 1.807) is 16.7 Å². The molecule has 8 nitrogen and oxygen atoms in total. The number of hydrogen-bond acceptors (Lipinski definition) is 7. The van der Waals surface area contributed by atoms with Crippen molar-refractivity contribution in [2.24, 2.45) is 0 Å². The van der Waals surface area contributed by atoms with E-state index in [1.807, 2.05) is 75.6 Å². The summed E-state index contributed by atoms with van der Waals surface area (Å²) in [6, 6.07) is 14.9. The molecule has 0 radical (unpaired) electrons. The number of rotatable bonds is 9. The second-order valence-corrected chi connectivity index (χ2v) is 11.3. The number of hydrogen-bond donors (Lipinski definition) is 1. The van der Waals surface area contributed by atoms with Gasteiger partial charge in [0.1, 0.15) is 11.6 Å². The first-order valence-electron chi connectivity index (χ1n) is 12.9. The molecule has 1 aliphatic rings. The van der Waals surface area contributed by atoms with Crippen LogP contribution in [0.25, 0.3) is 11.1 Å². The fourth-order valence-electron chi connectivity index (χ4n) is 4.28. The summed E-state index contributed by atoms with van der Waals surface area (Å²) >= 11 is 1.61. The smallest absolute Gasteiger partial charge is 0.410 e. The molecule has 0 aromatic heterocycles. The lowest BCUT2D eigenvalue weighted by atomic mass is 9.96. The van der Waals surface area contributed by atoms with Gasteiger partial charge in [0.25, 0.3) is 5.91 Å². The molecule has 1 N–H and O–H groups in total. The standard InChI is InChI=1S/C29H39N3O5S/c1-29(2,3)37-28(35)32-16-14-31(15-17-32)20-21-11-12-23(24(19-21)22-9-7-6-8-10-22)26(33)30-25(13-18-38-5)27(34)36-4/h6-12,19,25H,13-18,20H2,1-5H3,(H,30,33)/t25-/m0/s1. The minimum atomic E-state index is -0.704. The third-order valence-corrected chi connectivity index (χ3v) is 6.89. The van der Waals surface area contributed by atoms with E-state index < -0.39 is 17.6 Å². The Morgan fingerprint density at radius 3 is 2.32 bits per heavy atom. The van der Waals surface area contributed by atoms with Gasteiger partial charge in [0.15, 0.2) is 0 Å². The van der Waals surface area contributed by atoms with Gasteiger partial charge in [-0.2, -0.15) is 11.8 Å². The van der Waals surface area contributed by atoms with Crippen molar-refractivity contribution < 1.29 is 23.9 Å². The maximum Gasteiger partial charge on any atom is 0.410 e. The molecule has 1 fully saturated rings. The summed E-state index contributed by atoms with van der Waals surface area (Å²) in [5, 5.41) is 2.87. The minimum absolute atomic E-state index is 0.276. The van der Waals surface area contributed by atoms with E-state index in [9.17, 15) is 14.4 Å². The van der Waals surface area contributed by atoms with Crippen LogP contribution >= 0.6 is 11.8 Å². The SMILES string of the molecule is COC(=O)[C@H](CCSC)NC(=O)c1ccc(CN2CCN(C(=O)OC(C)(C)C)CC2)cc1-c1ccccc1. The normalized spacial score (nSPS) is 15.0. The molecule has 3 rings (SSSR count). The van der Waals surface area contributed by atoms with Crippen molar-refractivity contribution in [3.63, 3.8) is 0 Å². The monoisotopic (exact) mass is 541 g/mol. The fourth-order valence-corrected chi connectivity index (χ4v) is 4.75. The molecule has 1 heterocycles. The number of piperazine rings is 1. The van der Waals surface area contributed by atoms with Crippen LogP contribution in [0, 0.1) is 0 Å². The molecule has 2 amide bonds. The van der Waals surface area contributed by atoms with E-state index in [4.69, 9.17) is 9.47 Å². The van der Waals surface area contributed by atoms with Gasteiger partial charge in [-0.3, -0.25) is 9.69 Å². The average molecular weight is 542 g/mol. The van der Waals surface area contributed by atoms with E-state index in [-0.39, 0.29) is 12.0 Å². The van der Waals surface area contributed by atoms with Crippen LogP contribution < -0.4 is 5.32 Å². The zero-order chi connectivity index (χ0) is 27.7. The maximum absolute atomic E-state index is 13.3. The second kappa shape index (κ2) is 13.7. The van der Waals surface area contributed by atoms with E-state index in [0.717, 1.165) is 35.5 Å². The third kappa shape index (κ3) is 8.49. The van der Waals surface area contributed by atoms with Gasteiger partial charge in [-0.25, -0.2) is 9.59 Å². The molecule has 0 spiro atoms. The molecule has 0 aliphatic carbocycles. The number of amides is 2. The van der Waals surface area contributed by atoms with Crippen LogP contribution in [0.5, 0.6) is 0 Å². The molecule has 2 aromatic carbocycles. The van der Waals surface area contributed by atoms with Gasteiger partial charge in [0.2, 0.25) is 0 Å². The summed E-state index contributed by atoms with van der Waals surface area (Å²) < 4.78 is 10.4. The molecule has 38 heavy (non-hydrogen) atoms. The number of benzene rings is 2. The van der Waals surface area contributed by atoms with Crippen molar-refractivity contribution in [2.75, 3.05) is 45.3 Å². The van der Waals surface area contributed by atoms with Gasteiger partial charge in [0.05, 0.1) is 7.11 Å². The number of methoxy groups -OCH3 is 1. The van der Waals surface area contributed by atoms with E-state index in [1.165, 1.54) is 7.11 Å². The zero-order valence-corrected chi connectivity index (χ0v) is 23.8. The summed E-state index contributed by atoms with van der Waals surface area (Å²) in [6.07, 6.45) is 2.18. The van der Waals surface area contributed by atoms with Gasteiger partial charge >= 0.3 is 12.1 Å². The predicted molar refractivity (Wildman–Crippen MR) is 151 cm³/mol. The average Bonchev–Trinajstić information content (AvgIpc) is 2.90. The molecule has 1 saturated heterocycles. The van der Waals surface area contributed by atoms with E-state index in [0.29, 0.717) is 31.6 Å². The van der Waals surface area contributed by atoms with Crippen molar-refractivity contribution in [2.45, 2.75) is 45.4 Å². The Balaban J connectivity index is 1.75. The molecule has 2 aromatic rings. The van der Waals surface area contributed by atoms with E-state index >= 15 is 0 Å². The predicted octanol–water partition coefficient (Wildman–Crippen LogP) is 4.43. The van der Waals surface area contributed by atoms with Gasteiger partial charge in [0, 0.05) is 38.3 Å². The largest absolute Gasteiger partial charge is 0.467 e. The minimum Gasteiger partial charge on any atom is -0.467 e. The first-order valence-corrected chi connectivity index (χ1v) is 14.3. The number of esters is 1. The van der Waals surface area contributed by atoms with E-state index in [2.05, 4.69) is 10.2 Å². The lowest BCUT2D eigenvalue weighted by molar-refractivity contribution is -0.142. The summed E-state index contributed by atoms with van der Waals surface area (Å²) in [7, 11) is 1.33. The number of nitrogens with zero attached hydrogens (tertiary/aromatic N) is 2. The van der Waals surface area contributed by atoms with Gasteiger partial charge in [-0.15, -0.1) is 0 Å². The highest BCUT2D eigenvalue weighted by Crippen LogP contribution is 2.26. The quantitative estimate of drug-likeness (QED) is 0.470. The molecule has 0 unspecified atom stereocenters. The summed E-state index contributed by atoms with van der Waals surface area (Å²) in [5.41, 5.74) is 2.79. The Hall–Kier alpha value is -3.04. The number of ether oxygens (including phenoxy) is 2. The first-order chi connectivity index (χ1) is 18.1. The fraction of sp³-hybridized carbons (Fsp3) is 0.483. The molecule has 206 valence electrons. The molecular weight excluding hydrogens is 502 g/mol. The lowest BCUT2D eigenvalue weighted by Crippen LogP contribution is -2.49. The Bertz CT molecular complexity index is 1100. The molecule has 1 atom stereocenters. The molecule has 9 heteroatoms. The zero-order valence-electron chi connectivity index (χ0n) is 23.0. The Morgan fingerprint density at radius 1 is 1.03 bits per heavy atom. The van der Waals surface area contributed by atoms with Crippen molar-refractivity contribution in [3.8, 4) is 11.1 Å². The van der Waals surface area contributed by atoms with Crippen molar-refractivity contribution in [1.29, 1.82) is 0 Å². The van der Waals surface area contributed by atoms with Crippen molar-refractivity contribution >= 4 is 29.7 Å². The molecule has 0 bridgehead atoms. The number of carbonyl (C=O) groups excluding carboxylic acids is 3. The third-order valence-electron chi connectivity index (χ3n) is 6.25. The molecule has 0 saturated carbocycles. The highest BCUT2D eigenvalue weighted by molar-refractivity contribution is 7.98.